The highest BCUT2D eigenvalue weighted by molar-refractivity contribution is 5.58. The third kappa shape index (κ3) is 3.47. The zero-order chi connectivity index (χ0) is 14.5. The summed E-state index contributed by atoms with van der Waals surface area (Å²) in [5.41, 5.74) is 0.756. The van der Waals surface area contributed by atoms with Gasteiger partial charge in [0.2, 0.25) is 0 Å². The Balaban J connectivity index is 2.00. The lowest BCUT2D eigenvalue weighted by molar-refractivity contribution is -0.385. The molecule has 0 radical (unpaired) electrons. The Bertz CT molecular complexity index is 536. The maximum Gasteiger partial charge on any atom is 0.287 e. The highest BCUT2D eigenvalue weighted by Crippen LogP contribution is 2.29. The smallest absolute Gasteiger partial charge is 0.287 e. The summed E-state index contributed by atoms with van der Waals surface area (Å²) in [5, 5.41) is 23.0. The monoisotopic (exact) mass is 273 g/mol. The Labute approximate surface area is 118 Å². The van der Waals surface area contributed by atoms with Crippen LogP contribution in [0.3, 0.4) is 0 Å². The van der Waals surface area contributed by atoms with E-state index in [9.17, 15) is 10.1 Å². The van der Waals surface area contributed by atoms with Gasteiger partial charge in [-0.05, 0) is 36.8 Å². The van der Waals surface area contributed by atoms with Crippen molar-refractivity contribution in [3.8, 4) is 6.07 Å². The van der Waals surface area contributed by atoms with Crippen LogP contribution in [0.2, 0.25) is 0 Å². The van der Waals surface area contributed by atoms with E-state index in [1.165, 1.54) is 31.7 Å². The van der Waals surface area contributed by atoms with E-state index in [0.29, 0.717) is 5.92 Å². The predicted octanol–water partition coefficient (Wildman–Crippen LogP) is 3.70. The maximum absolute atomic E-state index is 10.8. The summed E-state index contributed by atoms with van der Waals surface area (Å²) >= 11 is 0. The van der Waals surface area contributed by atoms with Crippen molar-refractivity contribution in [1.29, 1.82) is 5.26 Å². The molecule has 5 heteroatoms. The Morgan fingerprint density at radius 2 is 2.30 bits per heavy atom. The molecule has 0 aliphatic heterocycles. The molecule has 1 saturated carbocycles. The zero-order valence-corrected chi connectivity index (χ0v) is 11.6. The van der Waals surface area contributed by atoms with E-state index < -0.39 is 4.92 Å². The molecule has 0 spiro atoms. The lowest BCUT2D eigenvalue weighted by Crippen LogP contribution is -2.21. The number of hydrogen-bond donors (Lipinski definition) is 1. The van der Waals surface area contributed by atoms with Gasteiger partial charge < -0.3 is 5.32 Å². The van der Waals surface area contributed by atoms with E-state index in [1.54, 1.807) is 12.1 Å². The van der Waals surface area contributed by atoms with Crippen LogP contribution in [0, 0.1) is 33.3 Å². The standard InChI is InChI=1S/C15H19N3O2/c1-11-3-2-4-12(7-11)10-17-14-5-6-15(18(19)20)13(8-14)9-16/h5-6,8,11-12,17H,2-4,7,10H2,1H3. The number of benzene rings is 1. The molecule has 0 heterocycles. The third-order valence-corrected chi connectivity index (χ3v) is 3.95. The molecule has 1 aliphatic rings. The fourth-order valence-corrected chi connectivity index (χ4v) is 2.90. The molecular weight excluding hydrogens is 254 g/mol. The van der Waals surface area contributed by atoms with E-state index in [2.05, 4.69) is 12.2 Å². The van der Waals surface area contributed by atoms with E-state index in [-0.39, 0.29) is 11.3 Å². The summed E-state index contributed by atoms with van der Waals surface area (Å²) in [6, 6.07) is 6.51. The quantitative estimate of drug-likeness (QED) is 0.670. The van der Waals surface area contributed by atoms with Gasteiger partial charge in [-0.25, -0.2) is 0 Å². The Morgan fingerprint density at radius 3 is 2.95 bits per heavy atom. The van der Waals surface area contributed by atoms with Crippen molar-refractivity contribution >= 4 is 11.4 Å². The summed E-state index contributed by atoms with van der Waals surface area (Å²) in [7, 11) is 0. The number of nitrogens with zero attached hydrogens (tertiary/aromatic N) is 2. The molecule has 1 aromatic carbocycles. The van der Waals surface area contributed by atoms with E-state index in [4.69, 9.17) is 5.26 Å². The van der Waals surface area contributed by atoms with Crippen LogP contribution in [0.15, 0.2) is 18.2 Å². The number of anilines is 1. The van der Waals surface area contributed by atoms with E-state index >= 15 is 0 Å². The Morgan fingerprint density at radius 1 is 1.50 bits per heavy atom. The van der Waals surface area contributed by atoms with Crippen molar-refractivity contribution in [3.05, 3.63) is 33.9 Å². The van der Waals surface area contributed by atoms with Gasteiger partial charge in [0.25, 0.3) is 5.69 Å². The lowest BCUT2D eigenvalue weighted by Gasteiger charge is -2.27. The summed E-state index contributed by atoms with van der Waals surface area (Å²) in [6.07, 6.45) is 5.05. The van der Waals surface area contributed by atoms with Crippen LogP contribution in [0.5, 0.6) is 0 Å². The van der Waals surface area contributed by atoms with Crippen LogP contribution >= 0.6 is 0 Å². The second-order valence-corrected chi connectivity index (χ2v) is 5.62. The van der Waals surface area contributed by atoms with Crippen molar-refractivity contribution in [2.24, 2.45) is 11.8 Å². The highest BCUT2D eigenvalue weighted by Gasteiger charge is 2.19. The van der Waals surface area contributed by atoms with Crippen LogP contribution in [-0.2, 0) is 0 Å². The number of nitriles is 1. The first-order valence-corrected chi connectivity index (χ1v) is 7.02. The van der Waals surface area contributed by atoms with Crippen LogP contribution in [0.25, 0.3) is 0 Å². The normalized spacial score (nSPS) is 22.0. The summed E-state index contributed by atoms with van der Waals surface area (Å²) < 4.78 is 0. The van der Waals surface area contributed by atoms with Gasteiger partial charge in [-0.3, -0.25) is 10.1 Å². The minimum Gasteiger partial charge on any atom is -0.385 e. The molecule has 2 unspecified atom stereocenters. The molecule has 0 aromatic heterocycles. The molecule has 1 N–H and O–H groups in total. The molecule has 0 amide bonds. The van der Waals surface area contributed by atoms with Gasteiger partial charge in [0.1, 0.15) is 11.6 Å². The van der Waals surface area contributed by atoms with Crippen LogP contribution in [0.1, 0.15) is 38.2 Å². The zero-order valence-electron chi connectivity index (χ0n) is 11.6. The number of rotatable bonds is 4. The largest absolute Gasteiger partial charge is 0.385 e. The molecule has 20 heavy (non-hydrogen) atoms. The molecular formula is C15H19N3O2. The summed E-state index contributed by atoms with van der Waals surface area (Å²) in [6.45, 7) is 3.15. The van der Waals surface area contributed by atoms with Crippen LogP contribution in [0.4, 0.5) is 11.4 Å². The van der Waals surface area contributed by atoms with Crippen molar-refractivity contribution < 1.29 is 4.92 Å². The second-order valence-electron chi connectivity index (χ2n) is 5.62. The highest BCUT2D eigenvalue weighted by atomic mass is 16.6. The minimum absolute atomic E-state index is 0.108. The lowest BCUT2D eigenvalue weighted by atomic mass is 9.82. The molecule has 106 valence electrons. The van der Waals surface area contributed by atoms with Gasteiger partial charge in [-0.1, -0.05) is 19.8 Å². The minimum atomic E-state index is -0.523. The van der Waals surface area contributed by atoms with Crippen molar-refractivity contribution in [2.75, 3.05) is 11.9 Å². The molecule has 5 nitrogen and oxygen atoms in total. The average molecular weight is 273 g/mol. The average Bonchev–Trinajstić information content (AvgIpc) is 2.44. The Kier molecular flexibility index (Phi) is 4.57. The molecule has 1 aliphatic carbocycles. The van der Waals surface area contributed by atoms with Gasteiger partial charge >= 0.3 is 0 Å². The van der Waals surface area contributed by atoms with Crippen molar-refractivity contribution in [2.45, 2.75) is 32.6 Å². The molecule has 2 rings (SSSR count). The first kappa shape index (κ1) is 14.3. The maximum atomic E-state index is 10.8. The number of nitro groups is 1. The van der Waals surface area contributed by atoms with Crippen LogP contribution in [-0.4, -0.2) is 11.5 Å². The Hall–Kier alpha value is -2.09. The second kappa shape index (κ2) is 6.38. The SMILES string of the molecule is CC1CCCC(CNc2ccc([N+](=O)[O-])c(C#N)c2)C1. The van der Waals surface area contributed by atoms with Gasteiger partial charge in [-0.15, -0.1) is 0 Å². The molecule has 1 fully saturated rings. The number of nitrogens with one attached hydrogen (secondary N) is 1. The molecule has 2 atom stereocenters. The molecule has 0 saturated heterocycles. The van der Waals surface area contributed by atoms with E-state index in [0.717, 1.165) is 18.2 Å². The number of hydrogen-bond acceptors (Lipinski definition) is 4. The molecule has 0 bridgehead atoms. The van der Waals surface area contributed by atoms with Gasteiger partial charge in [0.05, 0.1) is 4.92 Å². The van der Waals surface area contributed by atoms with Gasteiger partial charge in [0.15, 0.2) is 0 Å². The van der Waals surface area contributed by atoms with Crippen LogP contribution < -0.4 is 5.32 Å². The summed E-state index contributed by atoms with van der Waals surface area (Å²) in [5.74, 6) is 1.43. The predicted molar refractivity (Wildman–Crippen MR) is 77.4 cm³/mol. The summed E-state index contributed by atoms with van der Waals surface area (Å²) in [4.78, 5) is 10.2. The number of nitro benzene ring substituents is 1. The third-order valence-electron chi connectivity index (χ3n) is 3.95. The first-order valence-electron chi connectivity index (χ1n) is 7.02. The topological polar surface area (TPSA) is 79.0 Å². The van der Waals surface area contributed by atoms with Gasteiger partial charge in [0, 0.05) is 18.3 Å². The van der Waals surface area contributed by atoms with Gasteiger partial charge in [-0.2, -0.15) is 5.26 Å². The fourth-order valence-electron chi connectivity index (χ4n) is 2.90. The fraction of sp³-hybridized carbons (Fsp3) is 0.533. The first-order chi connectivity index (χ1) is 9.60. The van der Waals surface area contributed by atoms with Crippen molar-refractivity contribution in [3.63, 3.8) is 0 Å². The van der Waals surface area contributed by atoms with Crippen molar-refractivity contribution in [1.82, 2.24) is 0 Å². The molecule has 1 aromatic rings. The van der Waals surface area contributed by atoms with E-state index in [1.807, 2.05) is 6.07 Å².